The molecule has 3 aromatic rings. The van der Waals surface area contributed by atoms with Gasteiger partial charge in [-0.25, -0.2) is 4.79 Å². The van der Waals surface area contributed by atoms with E-state index < -0.39 is 11.9 Å². The van der Waals surface area contributed by atoms with E-state index in [9.17, 15) is 14.4 Å². The molecule has 1 aliphatic rings. The lowest BCUT2D eigenvalue weighted by molar-refractivity contribution is -0.136. The fourth-order valence-electron chi connectivity index (χ4n) is 3.92. The van der Waals surface area contributed by atoms with Gasteiger partial charge in [-0.15, -0.1) is 0 Å². The standard InChI is InChI=1S/C24H23N3O5/c1-15-14-17(23(25)30)4-9-20(15)27-19(8-11-22(28)29)7-10-21(27)16-2-5-18(6-3-16)26-12-13-32-24(26)31/h2-7,9-10,14H,8,11-13H2,1H3,(H2,25,30)(H,28,29). The first-order valence-electron chi connectivity index (χ1n) is 10.2. The predicted octanol–water partition coefficient (Wildman–Crippen LogP) is 3.53. The molecule has 0 bridgehead atoms. The molecule has 1 aromatic heterocycles. The number of rotatable bonds is 7. The maximum Gasteiger partial charge on any atom is 0.414 e. The average Bonchev–Trinajstić information content (AvgIpc) is 3.38. The number of carboxylic acids is 1. The molecule has 0 spiro atoms. The van der Waals surface area contributed by atoms with Crippen molar-refractivity contribution in [3.63, 3.8) is 0 Å². The van der Waals surface area contributed by atoms with Crippen LogP contribution in [-0.2, 0) is 16.0 Å². The van der Waals surface area contributed by atoms with Crippen LogP contribution in [0.5, 0.6) is 0 Å². The molecule has 4 rings (SSSR count). The maximum atomic E-state index is 11.8. The topological polar surface area (TPSA) is 115 Å². The molecule has 3 N–H and O–H groups in total. The largest absolute Gasteiger partial charge is 0.481 e. The van der Waals surface area contributed by atoms with Crippen LogP contribution in [0.1, 0.15) is 28.0 Å². The molecule has 1 saturated heterocycles. The molecule has 2 heterocycles. The zero-order valence-electron chi connectivity index (χ0n) is 17.6. The quantitative estimate of drug-likeness (QED) is 0.592. The Bertz CT molecular complexity index is 1200. The fraction of sp³-hybridized carbons (Fsp3) is 0.208. The van der Waals surface area contributed by atoms with E-state index in [2.05, 4.69) is 0 Å². The number of aliphatic carboxylic acids is 1. The minimum atomic E-state index is -0.873. The van der Waals surface area contributed by atoms with Gasteiger partial charge in [-0.1, -0.05) is 12.1 Å². The number of hydrogen-bond acceptors (Lipinski definition) is 4. The third-order valence-electron chi connectivity index (χ3n) is 5.51. The van der Waals surface area contributed by atoms with Gasteiger partial charge in [0.05, 0.1) is 18.7 Å². The van der Waals surface area contributed by atoms with Crippen LogP contribution in [0.4, 0.5) is 10.5 Å². The lowest BCUT2D eigenvalue weighted by atomic mass is 10.1. The number of carboxylic acid groups (broad SMARTS) is 1. The number of anilines is 1. The molecular weight excluding hydrogens is 410 g/mol. The van der Waals surface area contributed by atoms with Crippen molar-refractivity contribution in [3.8, 4) is 16.9 Å². The highest BCUT2D eigenvalue weighted by Gasteiger charge is 2.23. The zero-order valence-corrected chi connectivity index (χ0v) is 17.6. The van der Waals surface area contributed by atoms with E-state index in [4.69, 9.17) is 15.6 Å². The highest BCUT2D eigenvalue weighted by atomic mass is 16.6. The summed E-state index contributed by atoms with van der Waals surface area (Å²) in [4.78, 5) is 36.1. The second-order valence-electron chi connectivity index (χ2n) is 7.62. The fourth-order valence-corrected chi connectivity index (χ4v) is 3.92. The number of ether oxygens (including phenoxy) is 1. The number of aromatic nitrogens is 1. The summed E-state index contributed by atoms with van der Waals surface area (Å²) in [5.74, 6) is -1.38. The SMILES string of the molecule is Cc1cc(C(N)=O)ccc1-n1c(CCC(=O)O)ccc1-c1ccc(N2CCOC2=O)cc1. The Hall–Kier alpha value is -4.07. The number of benzene rings is 2. The molecule has 2 amide bonds. The second-order valence-corrected chi connectivity index (χ2v) is 7.62. The number of nitrogens with zero attached hydrogens (tertiary/aromatic N) is 2. The van der Waals surface area contributed by atoms with Gasteiger partial charge in [0.2, 0.25) is 5.91 Å². The molecule has 0 unspecified atom stereocenters. The van der Waals surface area contributed by atoms with E-state index in [0.29, 0.717) is 25.1 Å². The van der Waals surface area contributed by atoms with Gasteiger partial charge < -0.3 is 20.1 Å². The summed E-state index contributed by atoms with van der Waals surface area (Å²) in [5, 5.41) is 9.16. The molecule has 8 heteroatoms. The summed E-state index contributed by atoms with van der Waals surface area (Å²) in [6.07, 6.45) is -0.00990. The van der Waals surface area contributed by atoms with Crippen molar-refractivity contribution >= 4 is 23.7 Å². The van der Waals surface area contributed by atoms with E-state index in [1.54, 1.807) is 17.0 Å². The monoisotopic (exact) mass is 433 g/mol. The molecule has 164 valence electrons. The van der Waals surface area contributed by atoms with Crippen molar-refractivity contribution in [1.29, 1.82) is 0 Å². The highest BCUT2D eigenvalue weighted by molar-refractivity contribution is 5.93. The van der Waals surface area contributed by atoms with E-state index in [1.165, 1.54) is 0 Å². The number of carbonyl (C=O) groups is 3. The summed E-state index contributed by atoms with van der Waals surface area (Å²) in [7, 11) is 0. The Balaban J connectivity index is 1.77. The van der Waals surface area contributed by atoms with Crippen LogP contribution >= 0.6 is 0 Å². The van der Waals surface area contributed by atoms with E-state index in [0.717, 1.165) is 33.9 Å². The van der Waals surface area contributed by atoms with Crippen molar-refractivity contribution in [2.24, 2.45) is 5.73 Å². The second kappa shape index (κ2) is 8.58. The van der Waals surface area contributed by atoms with Gasteiger partial charge in [0.25, 0.3) is 0 Å². The van der Waals surface area contributed by atoms with Gasteiger partial charge in [0.15, 0.2) is 0 Å². The van der Waals surface area contributed by atoms with E-state index >= 15 is 0 Å². The first-order chi connectivity index (χ1) is 15.3. The van der Waals surface area contributed by atoms with Gasteiger partial charge in [0, 0.05) is 22.6 Å². The summed E-state index contributed by atoms with van der Waals surface area (Å²) in [6, 6.07) is 16.6. The van der Waals surface area contributed by atoms with Gasteiger partial charge in [-0.2, -0.15) is 0 Å². The number of nitrogens with two attached hydrogens (primary N) is 1. The number of hydrogen-bond donors (Lipinski definition) is 2. The van der Waals surface area contributed by atoms with Gasteiger partial charge >= 0.3 is 12.1 Å². The minimum Gasteiger partial charge on any atom is -0.481 e. The van der Waals surface area contributed by atoms with Crippen molar-refractivity contribution in [3.05, 3.63) is 71.4 Å². The van der Waals surface area contributed by atoms with E-state index in [-0.39, 0.29) is 12.5 Å². The third-order valence-corrected chi connectivity index (χ3v) is 5.51. The third kappa shape index (κ3) is 4.07. The Kier molecular flexibility index (Phi) is 5.68. The average molecular weight is 433 g/mol. The summed E-state index contributed by atoms with van der Waals surface area (Å²) < 4.78 is 7.01. The van der Waals surface area contributed by atoms with Crippen LogP contribution in [0.25, 0.3) is 16.9 Å². The van der Waals surface area contributed by atoms with E-state index in [1.807, 2.05) is 54.0 Å². The van der Waals surface area contributed by atoms with Gasteiger partial charge in [0.1, 0.15) is 6.61 Å². The number of aryl methyl sites for hydroxylation is 2. The van der Waals surface area contributed by atoms with Crippen molar-refractivity contribution in [1.82, 2.24) is 4.57 Å². The maximum absolute atomic E-state index is 11.8. The molecule has 8 nitrogen and oxygen atoms in total. The lowest BCUT2D eigenvalue weighted by Gasteiger charge is -2.18. The predicted molar refractivity (Wildman–Crippen MR) is 119 cm³/mol. The Morgan fingerprint density at radius 2 is 1.84 bits per heavy atom. The highest BCUT2D eigenvalue weighted by Crippen LogP contribution is 2.31. The molecule has 0 atom stereocenters. The van der Waals surface area contributed by atoms with Crippen molar-refractivity contribution in [2.75, 3.05) is 18.1 Å². The number of cyclic esters (lactones) is 1. The smallest absolute Gasteiger partial charge is 0.414 e. The normalized spacial score (nSPS) is 13.3. The lowest BCUT2D eigenvalue weighted by Crippen LogP contribution is -2.23. The van der Waals surface area contributed by atoms with Gasteiger partial charge in [-0.3, -0.25) is 14.5 Å². The Morgan fingerprint density at radius 1 is 1.09 bits per heavy atom. The Morgan fingerprint density at radius 3 is 2.44 bits per heavy atom. The molecule has 1 aliphatic heterocycles. The van der Waals surface area contributed by atoms with Crippen LogP contribution in [0.15, 0.2) is 54.6 Å². The molecule has 0 radical (unpaired) electrons. The minimum absolute atomic E-state index is 0.00210. The first-order valence-corrected chi connectivity index (χ1v) is 10.2. The van der Waals surface area contributed by atoms with Crippen LogP contribution in [0, 0.1) is 6.92 Å². The van der Waals surface area contributed by atoms with Crippen LogP contribution < -0.4 is 10.6 Å². The molecule has 0 aliphatic carbocycles. The van der Waals surface area contributed by atoms with Crippen molar-refractivity contribution in [2.45, 2.75) is 19.8 Å². The van der Waals surface area contributed by atoms with Crippen LogP contribution in [0.3, 0.4) is 0 Å². The molecule has 32 heavy (non-hydrogen) atoms. The first kappa shape index (κ1) is 21.2. The summed E-state index contributed by atoms with van der Waals surface area (Å²) in [5.41, 5.74) is 10.9. The van der Waals surface area contributed by atoms with Crippen LogP contribution in [-0.4, -0.2) is 40.8 Å². The number of primary amides is 1. The summed E-state index contributed by atoms with van der Waals surface area (Å²) >= 11 is 0. The molecule has 0 saturated carbocycles. The van der Waals surface area contributed by atoms with Gasteiger partial charge in [-0.05, 0) is 66.9 Å². The number of carbonyl (C=O) groups excluding carboxylic acids is 2. The zero-order chi connectivity index (χ0) is 22.8. The van der Waals surface area contributed by atoms with Crippen LogP contribution in [0.2, 0.25) is 0 Å². The Labute approximate surface area is 184 Å². The molecule has 2 aromatic carbocycles. The summed E-state index contributed by atoms with van der Waals surface area (Å²) in [6.45, 7) is 2.77. The van der Waals surface area contributed by atoms with Crippen molar-refractivity contribution < 1.29 is 24.2 Å². The molecule has 1 fully saturated rings. The molecular formula is C24H23N3O5. The number of amides is 2.